The van der Waals surface area contributed by atoms with Crippen LogP contribution in [0.25, 0.3) is 0 Å². The van der Waals surface area contributed by atoms with Gasteiger partial charge in [0, 0.05) is 30.6 Å². The van der Waals surface area contributed by atoms with Crippen molar-refractivity contribution >= 4 is 17.5 Å². The van der Waals surface area contributed by atoms with Crippen LogP contribution in [0.5, 0.6) is 0 Å². The van der Waals surface area contributed by atoms with E-state index in [4.69, 9.17) is 11.6 Å². The highest BCUT2D eigenvalue weighted by Gasteiger charge is 2.29. The van der Waals surface area contributed by atoms with Crippen molar-refractivity contribution in [2.75, 3.05) is 19.6 Å². The minimum Gasteiger partial charge on any atom is -0.333 e. The third kappa shape index (κ3) is 3.28. The van der Waals surface area contributed by atoms with Crippen LogP contribution in [0, 0.1) is 5.92 Å². The van der Waals surface area contributed by atoms with E-state index in [0.29, 0.717) is 0 Å². The van der Waals surface area contributed by atoms with E-state index in [-0.39, 0.29) is 17.9 Å². The number of amides is 1. The number of rotatable bonds is 3. The fraction of sp³-hybridized carbons (Fsp3) is 0.533. The average molecular weight is 281 g/mol. The first kappa shape index (κ1) is 14.4. The maximum atomic E-state index is 12.5. The first-order chi connectivity index (χ1) is 9.13. The van der Waals surface area contributed by atoms with Crippen molar-refractivity contribution < 1.29 is 4.79 Å². The summed E-state index contributed by atoms with van der Waals surface area (Å²) >= 11 is 6.06. The Hall–Kier alpha value is -1.06. The Morgan fingerprint density at radius 1 is 1.58 bits per heavy atom. The van der Waals surface area contributed by atoms with Crippen LogP contribution in [0.4, 0.5) is 0 Å². The third-order valence-corrected chi connectivity index (χ3v) is 4.03. The summed E-state index contributed by atoms with van der Waals surface area (Å²) in [4.78, 5) is 14.5. The van der Waals surface area contributed by atoms with E-state index in [9.17, 15) is 4.79 Å². The van der Waals surface area contributed by atoms with Crippen LogP contribution < -0.4 is 5.32 Å². The fourth-order valence-electron chi connectivity index (χ4n) is 2.44. The third-order valence-electron chi connectivity index (χ3n) is 3.79. The zero-order chi connectivity index (χ0) is 13.8. The molecule has 1 aromatic carbocycles. The van der Waals surface area contributed by atoms with Gasteiger partial charge in [0.15, 0.2) is 0 Å². The van der Waals surface area contributed by atoms with Gasteiger partial charge in [-0.05, 0) is 24.1 Å². The molecular weight excluding hydrogens is 260 g/mol. The molecule has 3 nitrogen and oxygen atoms in total. The summed E-state index contributed by atoms with van der Waals surface area (Å²) in [7, 11) is 0. The lowest BCUT2D eigenvalue weighted by Gasteiger charge is -2.38. The van der Waals surface area contributed by atoms with Gasteiger partial charge in [-0.1, -0.05) is 37.6 Å². The Morgan fingerprint density at radius 2 is 2.37 bits per heavy atom. The van der Waals surface area contributed by atoms with Crippen LogP contribution in [0.1, 0.15) is 31.9 Å². The summed E-state index contributed by atoms with van der Waals surface area (Å²) in [5.74, 6) is 0.328. The van der Waals surface area contributed by atoms with Gasteiger partial charge in [0.1, 0.15) is 0 Å². The molecule has 0 aliphatic carbocycles. The lowest BCUT2D eigenvalue weighted by molar-refractivity contribution is -0.138. The summed E-state index contributed by atoms with van der Waals surface area (Å²) in [5, 5.41) is 4.08. The molecule has 1 aliphatic rings. The van der Waals surface area contributed by atoms with Gasteiger partial charge < -0.3 is 10.2 Å². The van der Waals surface area contributed by atoms with Gasteiger partial charge in [-0.3, -0.25) is 4.79 Å². The molecule has 2 unspecified atom stereocenters. The predicted octanol–water partition coefficient (Wildman–Crippen LogP) is 2.86. The molecule has 0 saturated carbocycles. The van der Waals surface area contributed by atoms with Crippen molar-refractivity contribution in [3.05, 3.63) is 34.9 Å². The van der Waals surface area contributed by atoms with Crippen LogP contribution in [0.15, 0.2) is 24.3 Å². The van der Waals surface area contributed by atoms with Gasteiger partial charge in [0.2, 0.25) is 5.91 Å². The molecule has 2 rings (SSSR count). The summed E-state index contributed by atoms with van der Waals surface area (Å²) in [5.41, 5.74) is 1.11. The second-order valence-electron chi connectivity index (χ2n) is 5.12. The number of hydrogen-bond donors (Lipinski definition) is 1. The van der Waals surface area contributed by atoms with Crippen LogP contribution in [0.3, 0.4) is 0 Å². The number of piperazine rings is 1. The molecule has 1 aliphatic heterocycles. The van der Waals surface area contributed by atoms with Gasteiger partial charge >= 0.3 is 0 Å². The molecule has 1 N–H and O–H groups in total. The number of benzene rings is 1. The standard InChI is InChI=1S/C15H21ClN2O/c1-3-11(2)15(19)18-8-7-17-10-14(18)12-5-4-6-13(16)9-12/h4-6,9,11,14,17H,3,7-8,10H2,1-2H3. The second-order valence-corrected chi connectivity index (χ2v) is 5.55. The lowest BCUT2D eigenvalue weighted by Crippen LogP contribution is -2.50. The molecule has 1 heterocycles. The molecule has 1 aromatic rings. The summed E-state index contributed by atoms with van der Waals surface area (Å²) in [6.45, 7) is 6.47. The number of carbonyl (C=O) groups is 1. The second kappa shape index (κ2) is 6.40. The largest absolute Gasteiger partial charge is 0.333 e. The molecule has 1 fully saturated rings. The van der Waals surface area contributed by atoms with Crippen molar-refractivity contribution in [1.29, 1.82) is 0 Å². The van der Waals surface area contributed by atoms with Crippen molar-refractivity contribution in [2.45, 2.75) is 26.3 Å². The first-order valence-electron chi connectivity index (χ1n) is 6.90. The molecule has 0 radical (unpaired) electrons. The Labute approximate surface area is 119 Å². The van der Waals surface area contributed by atoms with Crippen LogP contribution in [-0.2, 0) is 4.79 Å². The van der Waals surface area contributed by atoms with Gasteiger partial charge in [-0.2, -0.15) is 0 Å². The van der Waals surface area contributed by atoms with Gasteiger partial charge in [-0.25, -0.2) is 0 Å². The zero-order valence-corrected chi connectivity index (χ0v) is 12.3. The molecule has 2 atom stereocenters. The monoisotopic (exact) mass is 280 g/mol. The van der Waals surface area contributed by atoms with Crippen molar-refractivity contribution in [3.63, 3.8) is 0 Å². The van der Waals surface area contributed by atoms with E-state index in [0.717, 1.165) is 36.6 Å². The molecule has 104 valence electrons. The fourth-order valence-corrected chi connectivity index (χ4v) is 2.64. The molecule has 1 amide bonds. The Morgan fingerprint density at radius 3 is 3.05 bits per heavy atom. The van der Waals surface area contributed by atoms with Gasteiger partial charge in [0.05, 0.1) is 6.04 Å². The number of hydrogen-bond acceptors (Lipinski definition) is 2. The Bertz CT molecular complexity index is 450. The number of nitrogens with one attached hydrogen (secondary N) is 1. The molecule has 19 heavy (non-hydrogen) atoms. The average Bonchev–Trinajstić information content (AvgIpc) is 2.45. The first-order valence-corrected chi connectivity index (χ1v) is 7.28. The van der Waals surface area contributed by atoms with Gasteiger partial charge in [-0.15, -0.1) is 0 Å². The number of nitrogens with zero attached hydrogens (tertiary/aromatic N) is 1. The smallest absolute Gasteiger partial charge is 0.225 e. The number of halogens is 1. The summed E-state index contributed by atoms with van der Waals surface area (Å²) in [6, 6.07) is 7.89. The van der Waals surface area contributed by atoms with Crippen molar-refractivity contribution in [3.8, 4) is 0 Å². The maximum absolute atomic E-state index is 12.5. The predicted molar refractivity (Wildman–Crippen MR) is 78.2 cm³/mol. The summed E-state index contributed by atoms with van der Waals surface area (Å²) in [6.07, 6.45) is 0.880. The molecular formula is C15H21ClN2O. The SMILES string of the molecule is CCC(C)C(=O)N1CCNCC1c1cccc(Cl)c1. The Kier molecular flexibility index (Phi) is 4.83. The molecule has 0 aromatic heterocycles. The minimum atomic E-state index is 0.0831. The van der Waals surface area contributed by atoms with E-state index in [1.165, 1.54) is 0 Å². The quantitative estimate of drug-likeness (QED) is 0.923. The lowest BCUT2D eigenvalue weighted by atomic mass is 10.00. The van der Waals surface area contributed by atoms with Crippen LogP contribution in [0.2, 0.25) is 5.02 Å². The van der Waals surface area contributed by atoms with Crippen molar-refractivity contribution in [2.24, 2.45) is 5.92 Å². The molecule has 0 spiro atoms. The zero-order valence-electron chi connectivity index (χ0n) is 11.5. The van der Waals surface area contributed by atoms with E-state index >= 15 is 0 Å². The highest BCUT2D eigenvalue weighted by molar-refractivity contribution is 6.30. The highest BCUT2D eigenvalue weighted by atomic mass is 35.5. The highest BCUT2D eigenvalue weighted by Crippen LogP contribution is 2.26. The van der Waals surface area contributed by atoms with Crippen LogP contribution >= 0.6 is 11.6 Å². The van der Waals surface area contributed by atoms with E-state index in [1.54, 1.807) is 0 Å². The van der Waals surface area contributed by atoms with Gasteiger partial charge in [0.25, 0.3) is 0 Å². The maximum Gasteiger partial charge on any atom is 0.225 e. The summed E-state index contributed by atoms with van der Waals surface area (Å²) < 4.78 is 0. The normalized spacial score (nSPS) is 21.2. The minimum absolute atomic E-state index is 0.0831. The van der Waals surface area contributed by atoms with E-state index < -0.39 is 0 Å². The molecule has 1 saturated heterocycles. The van der Waals surface area contributed by atoms with Crippen LogP contribution in [-0.4, -0.2) is 30.4 Å². The number of carbonyl (C=O) groups excluding carboxylic acids is 1. The topological polar surface area (TPSA) is 32.3 Å². The van der Waals surface area contributed by atoms with E-state index in [2.05, 4.69) is 12.2 Å². The van der Waals surface area contributed by atoms with E-state index in [1.807, 2.05) is 36.1 Å². The molecule has 0 bridgehead atoms. The van der Waals surface area contributed by atoms with Crippen molar-refractivity contribution in [1.82, 2.24) is 10.2 Å². The Balaban J connectivity index is 2.23. The molecule has 4 heteroatoms.